The highest BCUT2D eigenvalue weighted by atomic mass is 15.2. The number of anilines is 9. The summed E-state index contributed by atoms with van der Waals surface area (Å²) in [6.07, 6.45) is 0. The van der Waals surface area contributed by atoms with Gasteiger partial charge in [0.2, 0.25) is 0 Å². The van der Waals surface area contributed by atoms with E-state index >= 15 is 0 Å². The monoisotopic (exact) mass is 875 g/mol. The van der Waals surface area contributed by atoms with Crippen LogP contribution in [0.1, 0.15) is 74.9 Å². The van der Waals surface area contributed by atoms with Gasteiger partial charge in [-0.1, -0.05) is 181 Å². The van der Waals surface area contributed by atoms with Crippen molar-refractivity contribution in [3.05, 3.63) is 246 Å². The molecule has 0 aromatic heterocycles. The van der Waals surface area contributed by atoms with Crippen LogP contribution in [0, 0.1) is 0 Å². The van der Waals surface area contributed by atoms with Crippen molar-refractivity contribution in [2.45, 2.75) is 57.8 Å². The van der Waals surface area contributed by atoms with Crippen LogP contribution in [-0.2, 0) is 16.2 Å². The van der Waals surface area contributed by atoms with Crippen molar-refractivity contribution >= 4 is 72.7 Å². The molecule has 3 heterocycles. The highest BCUT2D eigenvalue weighted by molar-refractivity contribution is 6.05. The van der Waals surface area contributed by atoms with E-state index in [4.69, 9.17) is 0 Å². The van der Waals surface area contributed by atoms with Crippen LogP contribution >= 0.6 is 0 Å². The molecule has 0 aliphatic carbocycles. The minimum atomic E-state index is -0.342. The fraction of sp³-hybridized carbons (Fsp3) is 0.138. The van der Waals surface area contributed by atoms with Gasteiger partial charge in [0.1, 0.15) is 0 Å². The van der Waals surface area contributed by atoms with Crippen molar-refractivity contribution in [2.75, 3.05) is 14.7 Å². The Bertz CT molecular complexity index is 3530. The first-order valence-corrected chi connectivity index (χ1v) is 24.1. The fourth-order valence-electron chi connectivity index (χ4n) is 12.1. The van der Waals surface area contributed by atoms with Gasteiger partial charge in [-0.3, -0.25) is 0 Å². The minimum absolute atomic E-state index is 0.250. The van der Waals surface area contributed by atoms with Crippen LogP contribution in [0.2, 0.25) is 0 Å². The quantitative estimate of drug-likeness (QED) is 0.158. The highest BCUT2D eigenvalue weighted by Crippen LogP contribution is 2.67. The molecule has 68 heavy (non-hydrogen) atoms. The van der Waals surface area contributed by atoms with Gasteiger partial charge in [-0.15, -0.1) is 0 Å². The van der Waals surface area contributed by atoms with Crippen LogP contribution in [0.5, 0.6) is 0 Å². The first kappa shape index (κ1) is 40.4. The highest BCUT2D eigenvalue weighted by Gasteiger charge is 2.52. The van der Waals surface area contributed by atoms with Crippen molar-refractivity contribution < 1.29 is 0 Å². The van der Waals surface area contributed by atoms with E-state index in [1.807, 2.05) is 0 Å². The lowest BCUT2D eigenvalue weighted by atomic mass is 9.60. The molecule has 0 spiro atoms. The first-order valence-electron chi connectivity index (χ1n) is 24.1. The van der Waals surface area contributed by atoms with Gasteiger partial charge in [0.25, 0.3) is 0 Å². The van der Waals surface area contributed by atoms with Crippen molar-refractivity contribution in [1.82, 2.24) is 0 Å². The molecular formula is C65H53N3. The van der Waals surface area contributed by atoms with Crippen LogP contribution in [0.15, 0.2) is 212 Å². The molecule has 0 radical (unpaired) electrons. The summed E-state index contributed by atoms with van der Waals surface area (Å²) in [4.78, 5) is 7.57. The normalized spacial score (nSPS) is 15.2. The van der Waals surface area contributed by atoms with Gasteiger partial charge in [-0.25, -0.2) is 0 Å². The van der Waals surface area contributed by atoms with E-state index in [1.54, 1.807) is 0 Å². The minimum Gasteiger partial charge on any atom is -0.310 e. The van der Waals surface area contributed by atoms with Crippen molar-refractivity contribution in [1.29, 1.82) is 0 Å². The maximum absolute atomic E-state index is 2.68. The summed E-state index contributed by atoms with van der Waals surface area (Å²) < 4.78 is 0. The Labute approximate surface area is 400 Å². The Kier molecular flexibility index (Phi) is 8.65. The van der Waals surface area contributed by atoms with E-state index in [0.29, 0.717) is 0 Å². The number of benzene rings is 10. The van der Waals surface area contributed by atoms with E-state index in [-0.39, 0.29) is 16.2 Å². The van der Waals surface area contributed by atoms with Crippen molar-refractivity contribution in [3.8, 4) is 11.1 Å². The lowest BCUT2D eigenvalue weighted by Crippen LogP contribution is -2.43. The molecule has 0 saturated carbocycles. The molecule has 10 aromatic carbocycles. The number of rotatable bonds is 7. The summed E-state index contributed by atoms with van der Waals surface area (Å²) in [6, 6.07) is 78.9. The standard InChI is InChI=1S/C65H53N3/c1-63(2)52-30-19-31-53-60(52)68-61-54(63)38-45(42-34-36-48(37-35-42)67(58-32-17-22-43-20-13-15-28-50(43)58)59-33-18-23-44-21-14-16-29-51(44)59)39-55(61)65(5,6)57-41-49(40-56(62(57)68)64(53,3)4)66(46-24-9-7-10-25-46)47-26-11-8-12-27-47/h7-41H,1-6H3. The second kappa shape index (κ2) is 14.6. The zero-order chi connectivity index (χ0) is 46.1. The van der Waals surface area contributed by atoms with Gasteiger partial charge in [-0.2, -0.15) is 0 Å². The second-order valence-corrected chi connectivity index (χ2v) is 20.6. The molecule has 3 aliphatic heterocycles. The third-order valence-corrected chi connectivity index (χ3v) is 15.7. The average Bonchev–Trinajstić information content (AvgIpc) is 3.37. The molecule has 3 nitrogen and oxygen atoms in total. The predicted octanol–water partition coefficient (Wildman–Crippen LogP) is 18.0. The molecule has 0 N–H and O–H groups in total. The molecule has 0 unspecified atom stereocenters. The topological polar surface area (TPSA) is 9.72 Å². The average molecular weight is 876 g/mol. The number of hydrogen-bond acceptors (Lipinski definition) is 3. The Morgan fingerprint density at radius 2 is 0.676 bits per heavy atom. The molecule has 3 aliphatic rings. The molecule has 13 rings (SSSR count). The summed E-state index contributed by atoms with van der Waals surface area (Å²) in [7, 11) is 0. The third-order valence-electron chi connectivity index (χ3n) is 15.7. The Morgan fingerprint density at radius 1 is 0.294 bits per heavy atom. The Morgan fingerprint density at radius 3 is 1.18 bits per heavy atom. The lowest BCUT2D eigenvalue weighted by Gasteiger charge is -2.55. The number of para-hydroxylation sites is 3. The van der Waals surface area contributed by atoms with Gasteiger partial charge in [0.15, 0.2) is 0 Å². The van der Waals surface area contributed by atoms with Gasteiger partial charge in [-0.05, 0) is 128 Å². The van der Waals surface area contributed by atoms with Crippen LogP contribution in [0.25, 0.3) is 32.7 Å². The number of nitrogens with zero attached hydrogens (tertiary/aromatic N) is 3. The van der Waals surface area contributed by atoms with E-state index < -0.39 is 0 Å². The SMILES string of the molecule is CC1(C)c2cccc3c2N2c4c1cc(-c1ccc(N(c5cccc6ccccc56)c5cccc6ccccc56)cc1)cc4C(C)(C)c1cc(N(c4ccccc4)c4ccccc4)cc(c12)C3(C)C. The molecule has 0 fully saturated rings. The van der Waals surface area contributed by atoms with Crippen LogP contribution in [0.4, 0.5) is 51.2 Å². The second-order valence-electron chi connectivity index (χ2n) is 20.6. The first-order chi connectivity index (χ1) is 33.0. The summed E-state index contributed by atoms with van der Waals surface area (Å²) in [5.74, 6) is 0. The lowest BCUT2D eigenvalue weighted by molar-refractivity contribution is 0.567. The summed E-state index contributed by atoms with van der Waals surface area (Å²) in [5, 5.41) is 4.88. The Hall–Kier alpha value is -7.88. The third kappa shape index (κ3) is 5.72. The van der Waals surface area contributed by atoms with E-state index in [1.165, 1.54) is 88.8 Å². The molecule has 10 aromatic rings. The zero-order valence-corrected chi connectivity index (χ0v) is 39.5. The van der Waals surface area contributed by atoms with Crippen LogP contribution < -0.4 is 14.7 Å². The summed E-state index contributed by atoms with van der Waals surface area (Å²) >= 11 is 0. The molecule has 0 bridgehead atoms. The molecule has 0 atom stereocenters. The molecule has 3 heteroatoms. The molecular weight excluding hydrogens is 823 g/mol. The van der Waals surface area contributed by atoms with Gasteiger partial charge < -0.3 is 14.7 Å². The summed E-state index contributed by atoms with van der Waals surface area (Å²) in [5.41, 5.74) is 20.7. The number of hydrogen-bond donors (Lipinski definition) is 0. The van der Waals surface area contributed by atoms with E-state index in [9.17, 15) is 0 Å². The molecule has 0 saturated heterocycles. The Balaban J connectivity index is 1.02. The fourth-order valence-corrected chi connectivity index (χ4v) is 12.1. The van der Waals surface area contributed by atoms with Gasteiger partial charge >= 0.3 is 0 Å². The molecule has 0 amide bonds. The van der Waals surface area contributed by atoms with Crippen molar-refractivity contribution in [3.63, 3.8) is 0 Å². The van der Waals surface area contributed by atoms with Crippen LogP contribution in [-0.4, -0.2) is 0 Å². The van der Waals surface area contributed by atoms with Gasteiger partial charge in [0, 0.05) is 49.8 Å². The van der Waals surface area contributed by atoms with Gasteiger partial charge in [0.05, 0.1) is 28.4 Å². The van der Waals surface area contributed by atoms with E-state index in [0.717, 1.165) is 28.4 Å². The van der Waals surface area contributed by atoms with Crippen LogP contribution in [0.3, 0.4) is 0 Å². The predicted molar refractivity (Wildman–Crippen MR) is 287 cm³/mol. The number of fused-ring (bicyclic) bond motifs is 2. The maximum Gasteiger partial charge on any atom is 0.0545 e. The maximum atomic E-state index is 2.68. The summed E-state index contributed by atoms with van der Waals surface area (Å²) in [6.45, 7) is 14.7. The molecule has 328 valence electrons. The zero-order valence-electron chi connectivity index (χ0n) is 39.5. The largest absolute Gasteiger partial charge is 0.310 e. The van der Waals surface area contributed by atoms with E-state index in [2.05, 4.69) is 269 Å². The van der Waals surface area contributed by atoms with Crippen molar-refractivity contribution in [2.24, 2.45) is 0 Å². The smallest absolute Gasteiger partial charge is 0.0545 e.